The van der Waals surface area contributed by atoms with Crippen LogP contribution in [0.5, 0.6) is 0 Å². The second kappa shape index (κ2) is 3.58. The van der Waals surface area contributed by atoms with E-state index in [0.29, 0.717) is 0 Å². The molecule has 1 N–H and O–H groups in total. The molecule has 1 saturated heterocycles. The van der Waals surface area contributed by atoms with E-state index in [1.807, 2.05) is 0 Å². The zero-order chi connectivity index (χ0) is 8.39. The number of fused-ring (bicyclic) bond motifs is 2. The summed E-state index contributed by atoms with van der Waals surface area (Å²) < 4.78 is 5.16. The average molecular weight is 167 g/mol. The van der Waals surface area contributed by atoms with Crippen molar-refractivity contribution in [2.45, 2.75) is 12.8 Å². The Bertz CT molecular complexity index is 188. The van der Waals surface area contributed by atoms with Gasteiger partial charge in [0.1, 0.15) is 0 Å². The number of piperidine rings is 1. The fraction of sp³-hybridized carbons (Fsp3) is 0.800. The number of ether oxygens (including phenoxy) is 1. The number of hydrogen-bond acceptors (Lipinski definition) is 2. The van der Waals surface area contributed by atoms with E-state index in [9.17, 15) is 0 Å². The summed E-state index contributed by atoms with van der Waals surface area (Å²) in [4.78, 5) is 0. The zero-order valence-corrected chi connectivity index (χ0v) is 7.68. The first-order valence-corrected chi connectivity index (χ1v) is 4.77. The number of methoxy groups -OCH3 is 1. The van der Waals surface area contributed by atoms with Gasteiger partial charge in [-0.2, -0.15) is 0 Å². The van der Waals surface area contributed by atoms with Gasteiger partial charge in [0.25, 0.3) is 0 Å². The highest BCUT2D eigenvalue weighted by molar-refractivity contribution is 5.12. The lowest BCUT2D eigenvalue weighted by Crippen LogP contribution is -2.38. The third-order valence-electron chi connectivity index (χ3n) is 2.83. The van der Waals surface area contributed by atoms with E-state index in [1.54, 1.807) is 7.11 Å². The monoisotopic (exact) mass is 167 g/mol. The molecular weight excluding hydrogens is 150 g/mol. The normalized spacial score (nSPS) is 34.6. The van der Waals surface area contributed by atoms with E-state index < -0.39 is 0 Å². The van der Waals surface area contributed by atoms with Crippen molar-refractivity contribution in [2.75, 3.05) is 26.8 Å². The van der Waals surface area contributed by atoms with Crippen molar-refractivity contribution in [1.29, 1.82) is 0 Å². The molecule has 0 amide bonds. The number of rotatable bonds is 2. The van der Waals surface area contributed by atoms with Gasteiger partial charge in [0.15, 0.2) is 0 Å². The predicted octanol–water partition coefficient (Wildman–Crippen LogP) is 1.19. The SMILES string of the molecule is COCC1=CC2CNCC(C1)C2. The molecule has 2 nitrogen and oxygen atoms in total. The quantitative estimate of drug-likeness (QED) is 0.624. The van der Waals surface area contributed by atoms with Crippen LogP contribution in [0.2, 0.25) is 0 Å². The van der Waals surface area contributed by atoms with Gasteiger partial charge in [-0.05, 0) is 36.8 Å². The Morgan fingerprint density at radius 2 is 2.50 bits per heavy atom. The van der Waals surface area contributed by atoms with Crippen LogP contribution < -0.4 is 5.32 Å². The van der Waals surface area contributed by atoms with Crippen molar-refractivity contribution in [3.8, 4) is 0 Å². The van der Waals surface area contributed by atoms with Crippen LogP contribution in [0.25, 0.3) is 0 Å². The van der Waals surface area contributed by atoms with E-state index >= 15 is 0 Å². The molecule has 2 aliphatic rings. The molecule has 2 rings (SSSR count). The molecule has 0 radical (unpaired) electrons. The van der Waals surface area contributed by atoms with Gasteiger partial charge in [-0.15, -0.1) is 0 Å². The highest BCUT2D eigenvalue weighted by Crippen LogP contribution is 2.30. The van der Waals surface area contributed by atoms with E-state index in [4.69, 9.17) is 4.74 Å². The lowest BCUT2D eigenvalue weighted by Gasteiger charge is -2.33. The molecule has 0 aromatic carbocycles. The Labute approximate surface area is 74.0 Å². The van der Waals surface area contributed by atoms with Gasteiger partial charge in [-0.3, -0.25) is 0 Å². The van der Waals surface area contributed by atoms with Gasteiger partial charge in [0.2, 0.25) is 0 Å². The van der Waals surface area contributed by atoms with Gasteiger partial charge in [0, 0.05) is 13.7 Å². The van der Waals surface area contributed by atoms with Crippen molar-refractivity contribution < 1.29 is 4.74 Å². The van der Waals surface area contributed by atoms with Crippen LogP contribution in [-0.2, 0) is 4.74 Å². The minimum atomic E-state index is 0.780. The minimum absolute atomic E-state index is 0.780. The van der Waals surface area contributed by atoms with Crippen LogP contribution >= 0.6 is 0 Å². The Morgan fingerprint density at radius 1 is 1.58 bits per heavy atom. The summed E-state index contributed by atoms with van der Waals surface area (Å²) in [6.45, 7) is 3.22. The van der Waals surface area contributed by atoms with Crippen molar-refractivity contribution in [1.82, 2.24) is 5.32 Å². The van der Waals surface area contributed by atoms with Crippen molar-refractivity contribution in [3.05, 3.63) is 11.6 Å². The molecule has 0 spiro atoms. The standard InChI is InChI=1S/C10H17NO/c1-12-7-10-3-8-2-9(4-10)6-11-5-8/h3,8-9,11H,2,4-7H2,1H3. The van der Waals surface area contributed by atoms with Crippen LogP contribution in [0.1, 0.15) is 12.8 Å². The summed E-state index contributed by atoms with van der Waals surface area (Å²) in [6.07, 6.45) is 5.05. The fourth-order valence-electron chi connectivity index (χ4n) is 2.41. The van der Waals surface area contributed by atoms with Crippen LogP contribution in [0, 0.1) is 11.8 Å². The molecule has 2 heteroatoms. The Kier molecular flexibility index (Phi) is 2.47. The van der Waals surface area contributed by atoms with Gasteiger partial charge < -0.3 is 10.1 Å². The number of nitrogens with one attached hydrogen (secondary N) is 1. The van der Waals surface area contributed by atoms with E-state index in [0.717, 1.165) is 18.4 Å². The zero-order valence-electron chi connectivity index (χ0n) is 7.68. The number of hydrogen-bond donors (Lipinski definition) is 1. The van der Waals surface area contributed by atoms with Crippen LogP contribution in [0.4, 0.5) is 0 Å². The maximum atomic E-state index is 5.16. The average Bonchev–Trinajstić information content (AvgIpc) is 2.04. The van der Waals surface area contributed by atoms with Crippen molar-refractivity contribution in [2.24, 2.45) is 11.8 Å². The molecule has 0 aromatic heterocycles. The molecule has 2 atom stereocenters. The minimum Gasteiger partial charge on any atom is -0.380 e. The first-order chi connectivity index (χ1) is 5.88. The summed E-state index contributed by atoms with van der Waals surface area (Å²) in [7, 11) is 1.78. The maximum Gasteiger partial charge on any atom is 0.0673 e. The van der Waals surface area contributed by atoms with Crippen LogP contribution in [-0.4, -0.2) is 26.8 Å². The molecular formula is C10H17NO. The first-order valence-electron chi connectivity index (χ1n) is 4.77. The predicted molar refractivity (Wildman–Crippen MR) is 49.0 cm³/mol. The van der Waals surface area contributed by atoms with Gasteiger partial charge in [-0.25, -0.2) is 0 Å². The fourth-order valence-corrected chi connectivity index (χ4v) is 2.41. The lowest BCUT2D eigenvalue weighted by molar-refractivity contribution is 0.207. The van der Waals surface area contributed by atoms with E-state index in [1.165, 1.54) is 31.5 Å². The summed E-state index contributed by atoms with van der Waals surface area (Å²) in [5, 5.41) is 3.46. The van der Waals surface area contributed by atoms with Gasteiger partial charge in [0.05, 0.1) is 6.61 Å². The lowest BCUT2D eigenvalue weighted by atomic mass is 9.80. The van der Waals surface area contributed by atoms with Gasteiger partial charge >= 0.3 is 0 Å². The molecule has 2 unspecified atom stereocenters. The Hall–Kier alpha value is -0.340. The van der Waals surface area contributed by atoms with Crippen molar-refractivity contribution in [3.63, 3.8) is 0 Å². The molecule has 0 aromatic rings. The molecule has 1 aliphatic heterocycles. The Morgan fingerprint density at radius 3 is 3.25 bits per heavy atom. The topological polar surface area (TPSA) is 21.3 Å². The maximum absolute atomic E-state index is 5.16. The van der Waals surface area contributed by atoms with Gasteiger partial charge in [-0.1, -0.05) is 6.08 Å². The highest BCUT2D eigenvalue weighted by Gasteiger charge is 2.25. The third kappa shape index (κ3) is 1.70. The largest absolute Gasteiger partial charge is 0.380 e. The summed E-state index contributed by atoms with van der Waals surface area (Å²) in [6, 6.07) is 0. The Balaban J connectivity index is 2.01. The van der Waals surface area contributed by atoms with E-state index in [2.05, 4.69) is 11.4 Å². The molecule has 12 heavy (non-hydrogen) atoms. The summed E-state index contributed by atoms with van der Waals surface area (Å²) in [5.74, 6) is 1.65. The molecule has 2 bridgehead atoms. The highest BCUT2D eigenvalue weighted by atomic mass is 16.5. The second-order valence-corrected chi connectivity index (χ2v) is 3.98. The van der Waals surface area contributed by atoms with Crippen LogP contribution in [0.15, 0.2) is 11.6 Å². The summed E-state index contributed by atoms with van der Waals surface area (Å²) >= 11 is 0. The molecule has 1 heterocycles. The first kappa shape index (κ1) is 8.27. The smallest absolute Gasteiger partial charge is 0.0673 e. The van der Waals surface area contributed by atoms with E-state index in [-0.39, 0.29) is 0 Å². The van der Waals surface area contributed by atoms with Crippen LogP contribution in [0.3, 0.4) is 0 Å². The molecule has 68 valence electrons. The third-order valence-corrected chi connectivity index (χ3v) is 2.83. The molecule has 0 saturated carbocycles. The second-order valence-electron chi connectivity index (χ2n) is 3.98. The molecule has 1 fully saturated rings. The molecule has 1 aliphatic carbocycles. The van der Waals surface area contributed by atoms with Crippen molar-refractivity contribution >= 4 is 0 Å². The summed E-state index contributed by atoms with van der Waals surface area (Å²) in [5.41, 5.74) is 1.51.